The van der Waals surface area contributed by atoms with Crippen LogP contribution >= 0.6 is 0 Å². The number of nitrogens with zero attached hydrogens (tertiary/aromatic N) is 1. The Hall–Kier alpha value is -2.85. The number of hydrogen-bond acceptors (Lipinski definition) is 9. The van der Waals surface area contributed by atoms with Gasteiger partial charge < -0.3 is 28.4 Å². The summed E-state index contributed by atoms with van der Waals surface area (Å²) in [6.45, 7) is 11.8. The smallest absolute Gasteiger partial charge is 0.416 e. The van der Waals surface area contributed by atoms with Gasteiger partial charge in [-0.1, -0.05) is 27.7 Å². The minimum Gasteiger partial charge on any atom is -0.496 e. The topological polar surface area (TPSA) is 110 Å². The Balaban J connectivity index is 1.77. The van der Waals surface area contributed by atoms with Gasteiger partial charge in [-0.05, 0) is 50.5 Å². The molecule has 0 spiro atoms. The van der Waals surface area contributed by atoms with Crippen LogP contribution in [0.1, 0.15) is 74.5 Å². The van der Waals surface area contributed by atoms with Crippen molar-refractivity contribution in [3.8, 4) is 11.5 Å². The molecular formula is C28H41NO9. The molecule has 1 aromatic rings. The largest absolute Gasteiger partial charge is 0.496 e. The number of hydrogen-bond donors (Lipinski definition) is 0. The maximum atomic E-state index is 13.2. The molecule has 2 amide bonds. The van der Waals surface area contributed by atoms with Crippen molar-refractivity contribution in [1.29, 1.82) is 0 Å². The number of imide groups is 1. The van der Waals surface area contributed by atoms with Crippen molar-refractivity contribution in [2.75, 3.05) is 27.6 Å². The third-order valence-electron chi connectivity index (χ3n) is 7.44. The Labute approximate surface area is 224 Å². The molecule has 1 aromatic carbocycles. The van der Waals surface area contributed by atoms with Crippen molar-refractivity contribution in [3.63, 3.8) is 0 Å². The second-order valence-electron chi connectivity index (χ2n) is 10.5. The highest BCUT2D eigenvalue weighted by Crippen LogP contribution is 2.43. The molecule has 38 heavy (non-hydrogen) atoms. The maximum absolute atomic E-state index is 13.2. The van der Waals surface area contributed by atoms with Crippen molar-refractivity contribution in [2.24, 2.45) is 17.8 Å². The van der Waals surface area contributed by atoms with Crippen LogP contribution in [0.25, 0.3) is 0 Å². The van der Waals surface area contributed by atoms with Crippen LogP contribution in [0.2, 0.25) is 0 Å². The van der Waals surface area contributed by atoms with Gasteiger partial charge in [-0.3, -0.25) is 4.79 Å². The van der Waals surface area contributed by atoms with Gasteiger partial charge in [-0.2, -0.15) is 0 Å². The zero-order valence-electron chi connectivity index (χ0n) is 23.8. The Morgan fingerprint density at radius 3 is 2.42 bits per heavy atom. The molecule has 2 aliphatic heterocycles. The lowest BCUT2D eigenvalue weighted by atomic mass is 9.88. The van der Waals surface area contributed by atoms with Gasteiger partial charge in [0.2, 0.25) is 5.91 Å². The Morgan fingerprint density at radius 1 is 1.08 bits per heavy atom. The highest BCUT2D eigenvalue weighted by atomic mass is 16.7. The van der Waals surface area contributed by atoms with Crippen LogP contribution in [0.4, 0.5) is 4.79 Å². The van der Waals surface area contributed by atoms with Gasteiger partial charge in [0.05, 0.1) is 13.2 Å². The summed E-state index contributed by atoms with van der Waals surface area (Å²) in [7, 11) is 3.12. The molecule has 2 unspecified atom stereocenters. The lowest BCUT2D eigenvalue weighted by molar-refractivity contribution is -0.149. The van der Waals surface area contributed by atoms with Crippen molar-refractivity contribution in [3.05, 3.63) is 22.3 Å². The van der Waals surface area contributed by atoms with Crippen LogP contribution in [0.5, 0.6) is 11.5 Å². The summed E-state index contributed by atoms with van der Waals surface area (Å²) in [6, 6.07) is -0.242. The van der Waals surface area contributed by atoms with E-state index in [2.05, 4.69) is 6.92 Å². The van der Waals surface area contributed by atoms with E-state index in [1.54, 1.807) is 14.0 Å². The SMILES string of the molecule is COc1c(C)c2c(c(OCOC(C)OC)c1CCC(C)C[C@H](C)C(=O)N1C(=O)OC[C@H]1C(C)C)C(=O)OC2. The molecule has 2 heterocycles. The van der Waals surface area contributed by atoms with E-state index in [0.717, 1.165) is 16.7 Å². The molecule has 3 rings (SSSR count). The highest BCUT2D eigenvalue weighted by molar-refractivity contribution is 5.98. The number of methoxy groups -OCH3 is 2. The summed E-state index contributed by atoms with van der Waals surface area (Å²) >= 11 is 0. The van der Waals surface area contributed by atoms with Crippen molar-refractivity contribution >= 4 is 18.0 Å². The van der Waals surface area contributed by atoms with E-state index in [-0.39, 0.29) is 49.7 Å². The van der Waals surface area contributed by atoms with E-state index in [0.29, 0.717) is 36.3 Å². The molecule has 0 aromatic heterocycles. The average Bonchev–Trinajstić information content (AvgIpc) is 3.46. The number of benzene rings is 1. The second kappa shape index (κ2) is 12.8. The van der Waals surface area contributed by atoms with E-state index >= 15 is 0 Å². The minimum atomic E-state index is -0.565. The first-order chi connectivity index (χ1) is 18.0. The van der Waals surface area contributed by atoms with Crippen LogP contribution in [0.15, 0.2) is 0 Å². The Bertz CT molecular complexity index is 1040. The number of carbonyl (C=O) groups excluding carboxylic acids is 3. The number of fused-ring (bicyclic) bond motifs is 1. The third-order valence-corrected chi connectivity index (χ3v) is 7.44. The normalized spacial score (nSPS) is 19.2. The molecule has 4 atom stereocenters. The molecule has 10 heteroatoms. The van der Waals surface area contributed by atoms with E-state index in [1.165, 1.54) is 12.0 Å². The lowest BCUT2D eigenvalue weighted by Crippen LogP contribution is -2.44. The van der Waals surface area contributed by atoms with Gasteiger partial charge in [-0.25, -0.2) is 14.5 Å². The minimum absolute atomic E-state index is 0.113. The molecule has 1 fully saturated rings. The first-order valence-corrected chi connectivity index (χ1v) is 13.2. The fourth-order valence-electron chi connectivity index (χ4n) is 5.10. The molecule has 1 saturated heterocycles. The first-order valence-electron chi connectivity index (χ1n) is 13.2. The highest BCUT2D eigenvalue weighted by Gasteiger charge is 2.41. The van der Waals surface area contributed by atoms with Gasteiger partial charge in [0.15, 0.2) is 13.1 Å². The third kappa shape index (κ3) is 6.23. The summed E-state index contributed by atoms with van der Waals surface area (Å²) in [5, 5.41) is 0. The zero-order chi connectivity index (χ0) is 28.1. The molecule has 0 radical (unpaired) electrons. The number of esters is 1. The van der Waals surface area contributed by atoms with Crippen molar-refractivity contribution in [2.45, 2.75) is 79.7 Å². The molecule has 212 valence electrons. The summed E-state index contributed by atoms with van der Waals surface area (Å²) < 4.78 is 32.9. The van der Waals surface area contributed by atoms with Crippen molar-refractivity contribution < 1.29 is 42.8 Å². The number of carbonyl (C=O) groups is 3. The first kappa shape index (κ1) is 29.7. The fourth-order valence-corrected chi connectivity index (χ4v) is 5.10. The number of amides is 2. The van der Waals surface area contributed by atoms with Gasteiger partial charge in [0.25, 0.3) is 0 Å². The zero-order valence-corrected chi connectivity index (χ0v) is 23.8. The van der Waals surface area contributed by atoms with Crippen LogP contribution in [0.3, 0.4) is 0 Å². The number of ether oxygens (including phenoxy) is 6. The van der Waals surface area contributed by atoms with E-state index in [1.807, 2.05) is 27.7 Å². The van der Waals surface area contributed by atoms with Gasteiger partial charge in [-0.15, -0.1) is 0 Å². The fraction of sp³-hybridized carbons (Fsp3) is 0.679. The van der Waals surface area contributed by atoms with E-state index in [4.69, 9.17) is 28.4 Å². The Kier molecular flexibility index (Phi) is 10.0. The van der Waals surface area contributed by atoms with Gasteiger partial charge in [0, 0.05) is 24.2 Å². The molecule has 0 aliphatic carbocycles. The number of rotatable bonds is 13. The van der Waals surface area contributed by atoms with Crippen LogP contribution in [0, 0.1) is 24.7 Å². The molecule has 0 N–H and O–H groups in total. The van der Waals surface area contributed by atoms with Crippen LogP contribution < -0.4 is 9.47 Å². The monoisotopic (exact) mass is 535 g/mol. The van der Waals surface area contributed by atoms with Gasteiger partial charge >= 0.3 is 12.1 Å². The van der Waals surface area contributed by atoms with E-state index < -0.39 is 18.4 Å². The van der Waals surface area contributed by atoms with Gasteiger partial charge in [0.1, 0.15) is 30.3 Å². The predicted molar refractivity (Wildman–Crippen MR) is 138 cm³/mol. The quantitative estimate of drug-likeness (QED) is 0.264. The van der Waals surface area contributed by atoms with E-state index in [9.17, 15) is 14.4 Å². The maximum Gasteiger partial charge on any atom is 0.416 e. The molecule has 10 nitrogen and oxygen atoms in total. The molecule has 0 saturated carbocycles. The standard InChI is InChI=1S/C28H41NO9/c1-15(2)22-13-36-28(32)29(22)26(30)17(4)11-16(3)9-10-20-24(34-8)18(5)21-12-35-27(31)23(21)25(20)38-14-37-19(6)33-7/h15-17,19,22H,9-14H2,1-8H3/t16?,17-,19?,22-/m0/s1. The summed E-state index contributed by atoms with van der Waals surface area (Å²) in [5.41, 5.74) is 2.74. The number of cyclic esters (lactones) is 2. The molecule has 0 bridgehead atoms. The lowest BCUT2D eigenvalue weighted by Gasteiger charge is -2.26. The van der Waals surface area contributed by atoms with Crippen LogP contribution in [-0.2, 0) is 36.8 Å². The Morgan fingerprint density at radius 2 is 1.79 bits per heavy atom. The summed E-state index contributed by atoms with van der Waals surface area (Å²) in [4.78, 5) is 39.3. The summed E-state index contributed by atoms with van der Waals surface area (Å²) in [5.74, 6) is 0.290. The predicted octanol–water partition coefficient (Wildman–Crippen LogP) is 4.62. The molecule has 2 aliphatic rings. The van der Waals surface area contributed by atoms with Crippen molar-refractivity contribution in [1.82, 2.24) is 4.90 Å². The average molecular weight is 536 g/mol. The van der Waals surface area contributed by atoms with Crippen LogP contribution in [-0.4, -0.2) is 62.8 Å². The second-order valence-corrected chi connectivity index (χ2v) is 10.5. The molecular weight excluding hydrogens is 494 g/mol. The summed E-state index contributed by atoms with van der Waals surface area (Å²) in [6.07, 6.45) is 0.790.